The van der Waals surface area contributed by atoms with E-state index in [1.165, 1.54) is 24.8 Å². The van der Waals surface area contributed by atoms with Crippen LogP contribution in [0.25, 0.3) is 0 Å². The molecule has 1 aromatic carbocycles. The second-order valence-electron chi connectivity index (χ2n) is 8.08. The minimum absolute atomic E-state index is 0. The predicted molar refractivity (Wildman–Crippen MR) is 133 cm³/mol. The molecule has 1 unspecified atom stereocenters. The molecule has 2 N–H and O–H groups in total. The Morgan fingerprint density at radius 1 is 1.23 bits per heavy atom. The van der Waals surface area contributed by atoms with Gasteiger partial charge in [-0.25, -0.2) is 0 Å². The van der Waals surface area contributed by atoms with Crippen molar-refractivity contribution in [2.24, 2.45) is 10.9 Å². The molecule has 2 aliphatic rings. The Kier molecular flexibility index (Phi) is 10.7. The molecule has 0 spiro atoms. The zero-order valence-electron chi connectivity index (χ0n) is 18.4. The minimum atomic E-state index is 0. The lowest BCUT2D eigenvalue weighted by Crippen LogP contribution is -2.46. The van der Waals surface area contributed by atoms with Crippen molar-refractivity contribution in [3.05, 3.63) is 29.8 Å². The van der Waals surface area contributed by atoms with E-state index in [0.717, 1.165) is 57.0 Å². The molecule has 2 fully saturated rings. The van der Waals surface area contributed by atoms with Gasteiger partial charge in [-0.05, 0) is 50.3 Å². The van der Waals surface area contributed by atoms with Crippen molar-refractivity contribution < 1.29 is 9.53 Å². The molecule has 1 aliphatic heterocycles. The zero-order chi connectivity index (χ0) is 20.5. The Hall–Kier alpha value is -1.51. The van der Waals surface area contributed by atoms with Crippen LogP contribution in [0.15, 0.2) is 29.3 Å². The zero-order valence-corrected chi connectivity index (χ0v) is 20.7. The maximum atomic E-state index is 12.7. The highest BCUT2D eigenvalue weighted by molar-refractivity contribution is 14.0. The molecule has 1 saturated carbocycles. The number of halogens is 1. The van der Waals surface area contributed by atoms with E-state index < -0.39 is 0 Å². The third-order valence-electron chi connectivity index (χ3n) is 5.93. The summed E-state index contributed by atoms with van der Waals surface area (Å²) >= 11 is 0. The molecule has 1 aliphatic carbocycles. The number of nitrogens with one attached hydrogen (secondary N) is 2. The summed E-state index contributed by atoms with van der Waals surface area (Å²) in [6.07, 6.45) is 7.72. The molecule has 3 rings (SSSR count). The van der Waals surface area contributed by atoms with Crippen LogP contribution in [0.4, 0.5) is 0 Å². The summed E-state index contributed by atoms with van der Waals surface area (Å²) in [6, 6.07) is 8.50. The quantitative estimate of drug-likeness (QED) is 0.323. The minimum Gasteiger partial charge on any atom is -0.494 e. The molecule has 7 heteroatoms. The standard InChI is InChI=1S/C23H36N4O2.HI/c1-3-29-21-11-7-8-18(16-21)12-14-25-23(24-2)26-20-13-15-27(17-20)22(28)19-9-5-4-6-10-19;/h7-8,11,16,19-20H,3-6,9-10,12-15,17H2,1-2H3,(H2,24,25,26);1H. The second kappa shape index (κ2) is 13.0. The van der Waals surface area contributed by atoms with Crippen LogP contribution in [-0.2, 0) is 11.2 Å². The first-order valence-corrected chi connectivity index (χ1v) is 11.2. The maximum absolute atomic E-state index is 12.7. The van der Waals surface area contributed by atoms with E-state index in [4.69, 9.17) is 4.74 Å². The predicted octanol–water partition coefficient (Wildman–Crippen LogP) is 3.59. The molecule has 1 amide bonds. The van der Waals surface area contributed by atoms with Crippen molar-refractivity contribution in [1.29, 1.82) is 0 Å². The van der Waals surface area contributed by atoms with Crippen LogP contribution in [-0.4, -0.2) is 56.1 Å². The fraction of sp³-hybridized carbons (Fsp3) is 0.652. The van der Waals surface area contributed by atoms with Gasteiger partial charge in [0.05, 0.1) is 6.61 Å². The van der Waals surface area contributed by atoms with Crippen molar-refractivity contribution in [3.8, 4) is 5.75 Å². The maximum Gasteiger partial charge on any atom is 0.225 e. The first kappa shape index (κ1) is 24.8. The van der Waals surface area contributed by atoms with Gasteiger partial charge in [0, 0.05) is 38.6 Å². The number of rotatable bonds is 7. The van der Waals surface area contributed by atoms with Crippen LogP contribution in [0.1, 0.15) is 51.0 Å². The van der Waals surface area contributed by atoms with Crippen LogP contribution in [0.2, 0.25) is 0 Å². The lowest BCUT2D eigenvalue weighted by molar-refractivity contribution is -0.135. The monoisotopic (exact) mass is 528 g/mol. The molecule has 168 valence electrons. The molecule has 1 atom stereocenters. The van der Waals surface area contributed by atoms with Crippen LogP contribution < -0.4 is 15.4 Å². The van der Waals surface area contributed by atoms with Crippen molar-refractivity contribution in [1.82, 2.24) is 15.5 Å². The molecular weight excluding hydrogens is 491 g/mol. The average Bonchev–Trinajstić information content (AvgIpc) is 3.22. The Labute approximate surface area is 198 Å². The Bertz CT molecular complexity index is 692. The average molecular weight is 528 g/mol. The molecular formula is C23H37IN4O2. The topological polar surface area (TPSA) is 66.0 Å². The number of aliphatic imine (C=N–C) groups is 1. The molecule has 1 saturated heterocycles. The van der Waals surface area contributed by atoms with Gasteiger partial charge in [-0.1, -0.05) is 31.4 Å². The molecule has 0 radical (unpaired) electrons. The van der Waals surface area contributed by atoms with E-state index in [2.05, 4.69) is 32.7 Å². The number of ether oxygens (including phenoxy) is 1. The van der Waals surface area contributed by atoms with Gasteiger partial charge in [0.1, 0.15) is 5.75 Å². The number of carbonyl (C=O) groups is 1. The fourth-order valence-corrected chi connectivity index (χ4v) is 4.36. The van der Waals surface area contributed by atoms with Gasteiger partial charge in [0.25, 0.3) is 0 Å². The highest BCUT2D eigenvalue weighted by Gasteiger charge is 2.31. The van der Waals surface area contributed by atoms with Gasteiger partial charge in [-0.3, -0.25) is 9.79 Å². The summed E-state index contributed by atoms with van der Waals surface area (Å²) in [5.74, 6) is 2.35. The molecule has 0 bridgehead atoms. The summed E-state index contributed by atoms with van der Waals surface area (Å²) in [6.45, 7) is 5.12. The number of amides is 1. The van der Waals surface area contributed by atoms with E-state index in [1.807, 2.05) is 19.1 Å². The fourth-order valence-electron chi connectivity index (χ4n) is 4.36. The van der Waals surface area contributed by atoms with Gasteiger partial charge in [0.2, 0.25) is 5.91 Å². The van der Waals surface area contributed by atoms with E-state index in [1.54, 1.807) is 7.05 Å². The van der Waals surface area contributed by atoms with Gasteiger partial charge >= 0.3 is 0 Å². The summed E-state index contributed by atoms with van der Waals surface area (Å²) in [5, 5.41) is 6.89. The Morgan fingerprint density at radius 3 is 2.77 bits per heavy atom. The smallest absolute Gasteiger partial charge is 0.225 e. The molecule has 1 heterocycles. The number of likely N-dealkylation sites (tertiary alicyclic amines) is 1. The largest absolute Gasteiger partial charge is 0.494 e. The lowest BCUT2D eigenvalue weighted by atomic mass is 9.88. The molecule has 1 aromatic rings. The van der Waals surface area contributed by atoms with Gasteiger partial charge in [-0.15, -0.1) is 24.0 Å². The van der Waals surface area contributed by atoms with E-state index in [0.29, 0.717) is 12.5 Å². The van der Waals surface area contributed by atoms with Crippen molar-refractivity contribution in [3.63, 3.8) is 0 Å². The van der Waals surface area contributed by atoms with Crippen molar-refractivity contribution in [2.75, 3.05) is 33.3 Å². The molecule has 6 nitrogen and oxygen atoms in total. The first-order valence-electron chi connectivity index (χ1n) is 11.2. The normalized spacial score (nSPS) is 19.9. The van der Waals surface area contributed by atoms with Gasteiger partial charge in [0.15, 0.2) is 5.96 Å². The highest BCUT2D eigenvalue weighted by atomic mass is 127. The molecule has 30 heavy (non-hydrogen) atoms. The van der Waals surface area contributed by atoms with Crippen LogP contribution >= 0.6 is 24.0 Å². The number of carbonyl (C=O) groups excluding carboxylic acids is 1. The van der Waals surface area contributed by atoms with Crippen LogP contribution in [0.3, 0.4) is 0 Å². The summed E-state index contributed by atoms with van der Waals surface area (Å²) < 4.78 is 5.57. The summed E-state index contributed by atoms with van der Waals surface area (Å²) in [4.78, 5) is 19.2. The van der Waals surface area contributed by atoms with Crippen LogP contribution in [0.5, 0.6) is 5.75 Å². The van der Waals surface area contributed by atoms with Crippen LogP contribution in [0, 0.1) is 5.92 Å². The Balaban J connectivity index is 0.00000320. The number of hydrogen-bond acceptors (Lipinski definition) is 3. The number of guanidine groups is 1. The SMILES string of the molecule is CCOc1cccc(CCNC(=NC)NC2CCN(C(=O)C3CCCCC3)C2)c1.I. The van der Waals surface area contributed by atoms with E-state index >= 15 is 0 Å². The number of nitrogens with zero attached hydrogens (tertiary/aromatic N) is 2. The summed E-state index contributed by atoms with van der Waals surface area (Å²) in [7, 11) is 1.80. The van der Waals surface area contributed by atoms with Gasteiger partial charge in [-0.2, -0.15) is 0 Å². The second-order valence-corrected chi connectivity index (χ2v) is 8.08. The summed E-state index contributed by atoms with van der Waals surface area (Å²) in [5.41, 5.74) is 1.24. The Morgan fingerprint density at radius 2 is 2.03 bits per heavy atom. The third kappa shape index (κ3) is 7.32. The number of hydrogen-bond donors (Lipinski definition) is 2. The van der Waals surface area contributed by atoms with Crippen molar-refractivity contribution in [2.45, 2.75) is 57.9 Å². The highest BCUT2D eigenvalue weighted by Crippen LogP contribution is 2.26. The van der Waals surface area contributed by atoms with Crippen molar-refractivity contribution >= 4 is 35.8 Å². The first-order chi connectivity index (χ1) is 14.2. The van der Waals surface area contributed by atoms with Gasteiger partial charge < -0.3 is 20.3 Å². The lowest BCUT2D eigenvalue weighted by Gasteiger charge is -2.26. The van der Waals surface area contributed by atoms with E-state index in [-0.39, 0.29) is 35.9 Å². The molecule has 0 aromatic heterocycles. The third-order valence-corrected chi connectivity index (χ3v) is 5.93. The van der Waals surface area contributed by atoms with E-state index in [9.17, 15) is 4.79 Å². The number of benzene rings is 1.